The molecule has 0 aliphatic heterocycles. The van der Waals surface area contributed by atoms with E-state index in [-0.39, 0.29) is 33.6 Å². The standard InChI is InChI=1S/C12H9ClN2O3.C9H6ClNO3S/c13-11-10(18-8-4-2-1-3-5-8)7-6-9(12(11)14)15(16)17;10-5-2-1-3-6-8(5)11(4-7(12)13)9(14)15-6/h1-7H,14H2;1-3H,4H2,(H,12,13). The zero-order chi connectivity index (χ0) is 24.1. The maximum atomic E-state index is 11.5. The van der Waals surface area contributed by atoms with Gasteiger partial charge in [0.05, 0.1) is 20.2 Å². The monoisotopic (exact) mass is 507 g/mol. The Labute approximate surface area is 200 Å². The lowest BCUT2D eigenvalue weighted by Crippen LogP contribution is -2.18. The summed E-state index contributed by atoms with van der Waals surface area (Å²) in [4.78, 5) is 31.8. The summed E-state index contributed by atoms with van der Waals surface area (Å²) in [5.41, 5.74) is 5.74. The number of thiazole rings is 1. The molecule has 0 saturated carbocycles. The molecule has 9 nitrogen and oxygen atoms in total. The molecular formula is C21H15Cl2N3O6S. The third-order valence-corrected chi connectivity index (χ3v) is 5.86. The van der Waals surface area contributed by atoms with Crippen molar-refractivity contribution in [3.63, 3.8) is 0 Å². The molecule has 0 unspecified atom stereocenters. The Kier molecular flexibility index (Phi) is 7.54. The summed E-state index contributed by atoms with van der Waals surface area (Å²) in [5, 5.41) is 19.8. The number of benzene rings is 3. The first-order valence-electron chi connectivity index (χ1n) is 9.14. The quantitative estimate of drug-likeness (QED) is 0.208. The van der Waals surface area contributed by atoms with Crippen molar-refractivity contribution in [3.05, 3.63) is 90.5 Å². The number of rotatable bonds is 5. The highest BCUT2D eigenvalue weighted by molar-refractivity contribution is 7.16. The fraction of sp³-hybridized carbons (Fsp3) is 0.0476. The number of aliphatic carboxylic acids is 1. The lowest BCUT2D eigenvalue weighted by Gasteiger charge is -2.08. The van der Waals surface area contributed by atoms with Gasteiger partial charge in [-0.05, 0) is 30.3 Å². The molecule has 0 bridgehead atoms. The Hall–Kier alpha value is -3.60. The van der Waals surface area contributed by atoms with Crippen molar-refractivity contribution in [1.29, 1.82) is 0 Å². The van der Waals surface area contributed by atoms with E-state index >= 15 is 0 Å². The molecule has 1 aromatic heterocycles. The number of nitro groups is 1. The maximum Gasteiger partial charge on any atom is 0.323 e. The number of nitro benzene ring substituents is 1. The van der Waals surface area contributed by atoms with Crippen molar-refractivity contribution in [3.8, 4) is 11.5 Å². The fourth-order valence-electron chi connectivity index (χ4n) is 2.78. The van der Waals surface area contributed by atoms with Gasteiger partial charge >= 0.3 is 10.8 Å². The minimum atomic E-state index is -1.06. The summed E-state index contributed by atoms with van der Waals surface area (Å²) in [6.07, 6.45) is 0. The topological polar surface area (TPSA) is 138 Å². The number of hydrogen-bond acceptors (Lipinski definition) is 7. The molecule has 4 aromatic rings. The highest BCUT2D eigenvalue weighted by Gasteiger charge is 2.18. The number of halogens is 2. The van der Waals surface area contributed by atoms with Crippen molar-refractivity contribution < 1.29 is 19.6 Å². The van der Waals surface area contributed by atoms with Crippen molar-refractivity contribution in [2.24, 2.45) is 0 Å². The molecule has 170 valence electrons. The van der Waals surface area contributed by atoms with E-state index in [1.165, 1.54) is 16.7 Å². The van der Waals surface area contributed by atoms with E-state index in [9.17, 15) is 19.7 Å². The van der Waals surface area contributed by atoms with E-state index in [4.69, 9.17) is 38.8 Å². The summed E-state index contributed by atoms with van der Waals surface area (Å²) >= 11 is 12.8. The molecule has 0 radical (unpaired) electrons. The van der Waals surface area contributed by atoms with Gasteiger partial charge in [0.15, 0.2) is 0 Å². The lowest BCUT2D eigenvalue weighted by molar-refractivity contribution is -0.383. The summed E-state index contributed by atoms with van der Waals surface area (Å²) in [7, 11) is 0. The average molecular weight is 508 g/mol. The van der Waals surface area contributed by atoms with E-state index in [0.717, 1.165) is 11.3 Å². The largest absolute Gasteiger partial charge is 0.480 e. The average Bonchev–Trinajstić information content (AvgIpc) is 3.08. The van der Waals surface area contributed by atoms with Gasteiger partial charge in [-0.25, -0.2) is 0 Å². The van der Waals surface area contributed by atoms with Gasteiger partial charge in [-0.1, -0.05) is 58.8 Å². The first-order chi connectivity index (χ1) is 15.7. The molecular weight excluding hydrogens is 493 g/mol. The molecule has 0 amide bonds. The molecule has 3 aromatic carbocycles. The molecule has 12 heteroatoms. The van der Waals surface area contributed by atoms with Crippen LogP contribution in [0, 0.1) is 10.1 Å². The second-order valence-corrected chi connectivity index (χ2v) is 8.20. The number of para-hydroxylation sites is 2. The molecule has 0 aliphatic rings. The van der Waals surface area contributed by atoms with Gasteiger partial charge in [0.25, 0.3) is 5.69 Å². The smallest absolute Gasteiger partial charge is 0.323 e. The van der Waals surface area contributed by atoms with Gasteiger partial charge in [-0.3, -0.25) is 24.3 Å². The molecule has 0 atom stereocenters. The number of aromatic nitrogens is 1. The fourth-order valence-corrected chi connectivity index (χ4v) is 4.22. The van der Waals surface area contributed by atoms with Crippen molar-refractivity contribution in [2.75, 3.05) is 5.73 Å². The van der Waals surface area contributed by atoms with Gasteiger partial charge in [0.2, 0.25) is 0 Å². The molecule has 0 spiro atoms. The van der Waals surface area contributed by atoms with Crippen LogP contribution >= 0.6 is 34.5 Å². The SMILES string of the molecule is Nc1c([N+](=O)[O-])ccc(Oc2ccccc2)c1Cl.O=C(O)Cn1c(=O)sc2cccc(Cl)c21. The second-order valence-electron chi connectivity index (χ2n) is 6.42. The number of fused-ring (bicyclic) bond motifs is 1. The third kappa shape index (κ3) is 5.61. The van der Waals surface area contributed by atoms with E-state index in [0.29, 0.717) is 21.0 Å². The maximum absolute atomic E-state index is 11.5. The molecule has 33 heavy (non-hydrogen) atoms. The predicted octanol–water partition coefficient (Wildman–Crippen LogP) is 5.42. The van der Waals surface area contributed by atoms with Crippen molar-refractivity contribution in [1.82, 2.24) is 4.57 Å². The first-order valence-corrected chi connectivity index (χ1v) is 10.7. The highest BCUT2D eigenvalue weighted by Crippen LogP contribution is 2.38. The number of anilines is 1. The number of carboxylic acid groups (broad SMARTS) is 1. The van der Waals surface area contributed by atoms with Crippen LogP contribution in [0.5, 0.6) is 11.5 Å². The number of nitrogens with zero attached hydrogens (tertiary/aromatic N) is 2. The number of ether oxygens (including phenoxy) is 1. The van der Waals surface area contributed by atoms with E-state index in [1.807, 2.05) is 6.07 Å². The predicted molar refractivity (Wildman–Crippen MR) is 128 cm³/mol. The van der Waals surface area contributed by atoms with E-state index < -0.39 is 10.9 Å². The molecule has 0 saturated heterocycles. The van der Waals surface area contributed by atoms with Crippen LogP contribution in [-0.4, -0.2) is 20.6 Å². The van der Waals surface area contributed by atoms with Gasteiger partial charge in [0, 0.05) is 6.07 Å². The minimum Gasteiger partial charge on any atom is -0.480 e. The number of nitrogens with two attached hydrogens (primary N) is 1. The van der Waals surface area contributed by atoms with Crippen molar-refractivity contribution >= 4 is 62.1 Å². The summed E-state index contributed by atoms with van der Waals surface area (Å²) in [6, 6.07) is 16.7. The number of hydrogen-bond donors (Lipinski definition) is 2. The van der Waals surface area contributed by atoms with Crippen LogP contribution in [0.1, 0.15) is 0 Å². The first kappa shape index (κ1) is 24.1. The second kappa shape index (κ2) is 10.3. The van der Waals surface area contributed by atoms with Gasteiger partial charge in [-0.2, -0.15) is 0 Å². The summed E-state index contributed by atoms with van der Waals surface area (Å²) in [5.74, 6) is -0.199. The minimum absolute atomic E-state index is 0.0352. The Morgan fingerprint density at radius 2 is 1.82 bits per heavy atom. The van der Waals surface area contributed by atoms with Crippen molar-refractivity contribution in [2.45, 2.75) is 6.54 Å². The zero-order valence-electron chi connectivity index (χ0n) is 16.6. The van der Waals surface area contributed by atoms with Crippen LogP contribution in [0.3, 0.4) is 0 Å². The number of carbonyl (C=O) groups is 1. The molecule has 0 aliphatic carbocycles. The normalized spacial score (nSPS) is 10.4. The van der Waals surface area contributed by atoms with Crippen LogP contribution in [0.4, 0.5) is 11.4 Å². The molecule has 4 rings (SSSR count). The van der Waals surface area contributed by atoms with Gasteiger partial charge < -0.3 is 15.6 Å². The summed E-state index contributed by atoms with van der Waals surface area (Å²) < 4.78 is 7.36. The Balaban J connectivity index is 0.000000189. The molecule has 1 heterocycles. The third-order valence-electron chi connectivity index (χ3n) is 4.22. The summed E-state index contributed by atoms with van der Waals surface area (Å²) in [6.45, 7) is -0.359. The Morgan fingerprint density at radius 1 is 1.12 bits per heavy atom. The van der Waals surface area contributed by atoms with Crippen LogP contribution in [0.15, 0.2) is 65.5 Å². The van der Waals surface area contributed by atoms with Gasteiger partial charge in [-0.15, -0.1) is 0 Å². The van der Waals surface area contributed by atoms with Gasteiger partial charge in [0.1, 0.15) is 28.8 Å². The Morgan fingerprint density at radius 3 is 2.45 bits per heavy atom. The number of nitrogen functional groups attached to an aromatic ring is 1. The van der Waals surface area contributed by atoms with Crippen LogP contribution in [-0.2, 0) is 11.3 Å². The lowest BCUT2D eigenvalue weighted by atomic mass is 10.2. The van der Waals surface area contributed by atoms with E-state index in [2.05, 4.69) is 0 Å². The van der Waals surface area contributed by atoms with Crippen LogP contribution in [0.2, 0.25) is 10.0 Å². The molecule has 3 N–H and O–H groups in total. The number of carboxylic acids is 1. The molecule has 0 fully saturated rings. The zero-order valence-corrected chi connectivity index (χ0v) is 18.9. The van der Waals surface area contributed by atoms with E-state index in [1.54, 1.807) is 42.5 Å². The highest BCUT2D eigenvalue weighted by atomic mass is 35.5. The Bertz CT molecular complexity index is 1390. The van der Waals surface area contributed by atoms with Crippen LogP contribution in [0.25, 0.3) is 10.2 Å². The van der Waals surface area contributed by atoms with Crippen LogP contribution < -0.4 is 15.3 Å².